The first-order valence-corrected chi connectivity index (χ1v) is 8.54. The predicted octanol–water partition coefficient (Wildman–Crippen LogP) is 5.86. The maximum Gasteiger partial charge on any atom is 0.0695 e. The van der Waals surface area contributed by atoms with E-state index in [1.54, 1.807) is 0 Å². The van der Waals surface area contributed by atoms with Crippen molar-refractivity contribution in [1.29, 1.82) is 0 Å². The van der Waals surface area contributed by atoms with Crippen LogP contribution in [-0.4, -0.2) is 8.07 Å². The molecule has 0 aromatic carbocycles. The molecular formula is C14H32Si. The smallest absolute Gasteiger partial charge is 0.0651 e. The molecule has 0 aliphatic rings. The van der Waals surface area contributed by atoms with Gasteiger partial charge in [0.2, 0.25) is 0 Å². The molecular weight excluding hydrogens is 196 g/mol. The summed E-state index contributed by atoms with van der Waals surface area (Å²) in [5.74, 6) is 0. The first kappa shape index (κ1) is 15.2. The van der Waals surface area contributed by atoms with Crippen LogP contribution in [0.4, 0.5) is 0 Å². The van der Waals surface area contributed by atoms with Gasteiger partial charge in [-0.2, -0.15) is 0 Å². The first-order chi connectivity index (χ1) is 6.39. The fourth-order valence-corrected chi connectivity index (χ4v) is 15.8. The average molecular weight is 228 g/mol. The molecule has 0 saturated carbocycles. The third-order valence-corrected chi connectivity index (χ3v) is 12.9. The SMILES string of the molecule is CC(C)[Si](C(C)C)(C(C)(C)C)C(C)(C)C. The summed E-state index contributed by atoms with van der Waals surface area (Å²) < 4.78 is 0. The van der Waals surface area contributed by atoms with E-state index in [2.05, 4.69) is 69.2 Å². The Morgan fingerprint density at radius 3 is 0.800 bits per heavy atom. The fourth-order valence-electron chi connectivity index (χ4n) is 5.26. The minimum atomic E-state index is -1.35. The Balaban J connectivity index is 5.73. The summed E-state index contributed by atoms with van der Waals surface area (Å²) >= 11 is 0. The largest absolute Gasteiger partial charge is 0.0695 e. The average Bonchev–Trinajstić information content (AvgIpc) is 1.75. The van der Waals surface area contributed by atoms with E-state index in [1.165, 1.54) is 0 Å². The lowest BCUT2D eigenvalue weighted by Crippen LogP contribution is -2.56. The second-order valence-corrected chi connectivity index (χ2v) is 14.7. The van der Waals surface area contributed by atoms with Crippen LogP contribution in [0.2, 0.25) is 21.2 Å². The topological polar surface area (TPSA) is 0 Å². The Labute approximate surface area is 98.9 Å². The molecule has 92 valence electrons. The molecule has 1 heteroatoms. The summed E-state index contributed by atoms with van der Waals surface area (Å²) in [5.41, 5.74) is 1.69. The van der Waals surface area contributed by atoms with E-state index >= 15 is 0 Å². The highest BCUT2D eigenvalue weighted by atomic mass is 28.3. The van der Waals surface area contributed by atoms with Crippen molar-refractivity contribution in [3.8, 4) is 0 Å². The molecule has 0 aromatic rings. The zero-order chi connectivity index (χ0) is 12.7. The van der Waals surface area contributed by atoms with Gasteiger partial charge in [0, 0.05) is 0 Å². The molecule has 0 unspecified atom stereocenters. The molecule has 0 aliphatic heterocycles. The lowest BCUT2D eigenvalue weighted by atomic mass is 10.2. The van der Waals surface area contributed by atoms with Crippen molar-refractivity contribution < 1.29 is 0 Å². The van der Waals surface area contributed by atoms with Gasteiger partial charge in [-0.15, -0.1) is 0 Å². The monoisotopic (exact) mass is 228 g/mol. The third kappa shape index (κ3) is 2.32. The maximum absolute atomic E-state index is 2.46. The van der Waals surface area contributed by atoms with Gasteiger partial charge in [0.1, 0.15) is 0 Å². The van der Waals surface area contributed by atoms with Gasteiger partial charge >= 0.3 is 0 Å². The van der Waals surface area contributed by atoms with Crippen molar-refractivity contribution in [3.05, 3.63) is 0 Å². The summed E-state index contributed by atoms with van der Waals surface area (Å²) in [5, 5.41) is 0.959. The van der Waals surface area contributed by atoms with E-state index in [0.29, 0.717) is 10.1 Å². The highest BCUT2D eigenvalue weighted by Crippen LogP contribution is 2.61. The number of hydrogen-bond acceptors (Lipinski definition) is 0. The van der Waals surface area contributed by atoms with Crippen molar-refractivity contribution in [2.45, 2.75) is 90.4 Å². The molecule has 0 rings (SSSR count). The first-order valence-electron chi connectivity index (χ1n) is 6.39. The summed E-state index contributed by atoms with van der Waals surface area (Å²) in [6, 6.07) is 0. The Morgan fingerprint density at radius 1 is 0.600 bits per heavy atom. The molecule has 0 N–H and O–H groups in total. The van der Waals surface area contributed by atoms with Gasteiger partial charge in [0.25, 0.3) is 0 Å². The summed E-state index contributed by atoms with van der Waals surface area (Å²) in [7, 11) is -1.35. The van der Waals surface area contributed by atoms with Crippen molar-refractivity contribution in [3.63, 3.8) is 0 Å². The number of rotatable bonds is 2. The number of hydrogen-bond donors (Lipinski definition) is 0. The van der Waals surface area contributed by atoms with E-state index < -0.39 is 8.07 Å². The highest BCUT2D eigenvalue weighted by Gasteiger charge is 2.56. The van der Waals surface area contributed by atoms with Crippen LogP contribution < -0.4 is 0 Å². The minimum Gasteiger partial charge on any atom is -0.0651 e. The van der Waals surface area contributed by atoms with Crippen LogP contribution in [-0.2, 0) is 0 Å². The molecule has 0 amide bonds. The van der Waals surface area contributed by atoms with Gasteiger partial charge in [-0.25, -0.2) is 0 Å². The Hall–Kier alpha value is 0.217. The molecule has 0 saturated heterocycles. The maximum atomic E-state index is 2.46. The van der Waals surface area contributed by atoms with Gasteiger partial charge < -0.3 is 0 Å². The standard InChI is InChI=1S/C14H32Si/c1-11(2)15(12(3)4,13(5,6)7)14(8,9)10/h11-12H,1-10H3. The third-order valence-electron chi connectivity index (χ3n) is 4.30. The highest BCUT2D eigenvalue weighted by molar-refractivity contribution is 6.87. The van der Waals surface area contributed by atoms with Crippen LogP contribution in [0.3, 0.4) is 0 Å². The summed E-state index contributed by atoms with van der Waals surface area (Å²) in [6.45, 7) is 24.6. The Morgan fingerprint density at radius 2 is 0.800 bits per heavy atom. The second kappa shape index (κ2) is 4.23. The zero-order valence-electron chi connectivity index (χ0n) is 12.7. The van der Waals surface area contributed by atoms with E-state index in [1.807, 2.05) is 0 Å². The molecule has 0 fully saturated rings. The lowest BCUT2D eigenvalue weighted by Gasteiger charge is -2.57. The summed E-state index contributed by atoms with van der Waals surface area (Å²) in [6.07, 6.45) is 0. The van der Waals surface area contributed by atoms with Crippen molar-refractivity contribution in [2.75, 3.05) is 0 Å². The van der Waals surface area contributed by atoms with Gasteiger partial charge in [-0.3, -0.25) is 0 Å². The van der Waals surface area contributed by atoms with Crippen molar-refractivity contribution >= 4 is 8.07 Å². The lowest BCUT2D eigenvalue weighted by molar-refractivity contribution is 0.561. The summed E-state index contributed by atoms with van der Waals surface area (Å²) in [4.78, 5) is 0. The van der Waals surface area contributed by atoms with Crippen molar-refractivity contribution in [1.82, 2.24) is 0 Å². The van der Waals surface area contributed by atoms with Gasteiger partial charge in [0.05, 0.1) is 8.07 Å². The molecule has 0 spiro atoms. The molecule has 0 aliphatic carbocycles. The van der Waals surface area contributed by atoms with Crippen LogP contribution >= 0.6 is 0 Å². The van der Waals surface area contributed by atoms with Crippen LogP contribution in [0.25, 0.3) is 0 Å². The van der Waals surface area contributed by atoms with Gasteiger partial charge in [-0.05, 0) is 21.2 Å². The minimum absolute atomic E-state index is 0.480. The van der Waals surface area contributed by atoms with Crippen LogP contribution in [0.1, 0.15) is 69.2 Å². The van der Waals surface area contributed by atoms with Gasteiger partial charge in [0.15, 0.2) is 0 Å². The van der Waals surface area contributed by atoms with Crippen LogP contribution in [0, 0.1) is 0 Å². The second-order valence-electron chi connectivity index (χ2n) is 7.68. The van der Waals surface area contributed by atoms with E-state index in [0.717, 1.165) is 11.1 Å². The zero-order valence-corrected chi connectivity index (χ0v) is 13.7. The van der Waals surface area contributed by atoms with Gasteiger partial charge in [-0.1, -0.05) is 69.2 Å². The van der Waals surface area contributed by atoms with Crippen LogP contribution in [0.5, 0.6) is 0 Å². The Kier molecular flexibility index (Phi) is 4.30. The Bertz CT molecular complexity index is 176. The molecule has 0 radical (unpaired) electrons. The molecule has 0 atom stereocenters. The molecule has 0 aromatic heterocycles. The molecule has 15 heavy (non-hydrogen) atoms. The van der Waals surface area contributed by atoms with E-state index in [9.17, 15) is 0 Å². The van der Waals surface area contributed by atoms with E-state index in [4.69, 9.17) is 0 Å². The van der Waals surface area contributed by atoms with Crippen molar-refractivity contribution in [2.24, 2.45) is 0 Å². The molecule has 0 heterocycles. The predicted molar refractivity (Wildman–Crippen MR) is 75.4 cm³/mol. The van der Waals surface area contributed by atoms with E-state index in [-0.39, 0.29) is 0 Å². The van der Waals surface area contributed by atoms with Crippen LogP contribution in [0.15, 0.2) is 0 Å². The quantitative estimate of drug-likeness (QED) is 0.520. The molecule has 0 bridgehead atoms. The normalized spacial score (nSPS) is 15.2. The molecule has 0 nitrogen and oxygen atoms in total. The fraction of sp³-hybridized carbons (Fsp3) is 1.00.